The second kappa shape index (κ2) is 4.52. The van der Waals surface area contributed by atoms with Crippen molar-refractivity contribution in [1.29, 1.82) is 0 Å². The number of nitrogens with zero attached hydrogens (tertiary/aromatic N) is 3. The molecule has 0 aliphatic rings. The Morgan fingerprint density at radius 1 is 1.22 bits per heavy atom. The van der Waals surface area contributed by atoms with Crippen LogP contribution < -0.4 is 0 Å². The van der Waals surface area contributed by atoms with Gasteiger partial charge in [0.2, 0.25) is 0 Å². The molecule has 2 rings (SSSR count). The summed E-state index contributed by atoms with van der Waals surface area (Å²) in [6, 6.07) is 4.99. The Kier molecular flexibility index (Phi) is 3.20. The molecule has 0 amide bonds. The molecule has 1 unspecified atom stereocenters. The SMILES string of the molecule is CC(c1ccn(-c2ccc(F)cn2)n1)C(C)(C)C. The van der Waals surface area contributed by atoms with E-state index in [1.807, 2.05) is 12.3 Å². The number of halogens is 1. The Morgan fingerprint density at radius 3 is 2.50 bits per heavy atom. The predicted molar refractivity (Wildman–Crippen MR) is 69.2 cm³/mol. The Labute approximate surface area is 107 Å². The average molecular weight is 247 g/mol. The van der Waals surface area contributed by atoms with Crippen LogP contribution in [0.15, 0.2) is 30.6 Å². The molecule has 2 aromatic rings. The first-order valence-electron chi connectivity index (χ1n) is 6.05. The maximum Gasteiger partial charge on any atom is 0.153 e. The fourth-order valence-corrected chi connectivity index (χ4v) is 1.64. The first-order valence-corrected chi connectivity index (χ1v) is 6.05. The lowest BCUT2D eigenvalue weighted by Gasteiger charge is -2.25. The van der Waals surface area contributed by atoms with Crippen LogP contribution in [-0.4, -0.2) is 14.8 Å². The maximum absolute atomic E-state index is 12.8. The number of pyridine rings is 1. The highest BCUT2D eigenvalue weighted by Gasteiger charge is 2.23. The van der Waals surface area contributed by atoms with Gasteiger partial charge in [0.25, 0.3) is 0 Å². The number of rotatable bonds is 2. The summed E-state index contributed by atoms with van der Waals surface area (Å²) in [5.74, 6) is 0.636. The summed E-state index contributed by atoms with van der Waals surface area (Å²) in [7, 11) is 0. The maximum atomic E-state index is 12.8. The van der Waals surface area contributed by atoms with Gasteiger partial charge in [0.05, 0.1) is 11.9 Å². The molecule has 2 aromatic heterocycles. The van der Waals surface area contributed by atoms with E-state index >= 15 is 0 Å². The van der Waals surface area contributed by atoms with Crippen molar-refractivity contribution in [1.82, 2.24) is 14.8 Å². The van der Waals surface area contributed by atoms with E-state index in [0.29, 0.717) is 11.7 Å². The molecule has 0 fully saturated rings. The van der Waals surface area contributed by atoms with Gasteiger partial charge in [-0.3, -0.25) is 0 Å². The molecule has 4 heteroatoms. The molecular weight excluding hydrogens is 229 g/mol. The van der Waals surface area contributed by atoms with E-state index in [-0.39, 0.29) is 11.2 Å². The minimum atomic E-state index is -0.339. The van der Waals surface area contributed by atoms with E-state index in [1.54, 1.807) is 10.7 Å². The van der Waals surface area contributed by atoms with Crippen LogP contribution in [0.3, 0.4) is 0 Å². The molecule has 0 saturated heterocycles. The van der Waals surface area contributed by atoms with E-state index < -0.39 is 0 Å². The molecule has 0 aliphatic carbocycles. The number of aromatic nitrogens is 3. The van der Waals surface area contributed by atoms with Gasteiger partial charge in [-0.05, 0) is 23.6 Å². The standard InChI is InChI=1S/C14H18FN3/c1-10(14(2,3)4)12-7-8-18(17-12)13-6-5-11(15)9-16-13/h5-10H,1-4H3. The van der Waals surface area contributed by atoms with E-state index in [2.05, 4.69) is 37.8 Å². The first-order chi connectivity index (χ1) is 8.38. The van der Waals surface area contributed by atoms with Crippen molar-refractivity contribution in [2.24, 2.45) is 5.41 Å². The lowest BCUT2D eigenvalue weighted by Crippen LogP contribution is -2.16. The summed E-state index contributed by atoms with van der Waals surface area (Å²) in [6.45, 7) is 8.72. The minimum Gasteiger partial charge on any atom is -0.234 e. The fourth-order valence-electron chi connectivity index (χ4n) is 1.64. The van der Waals surface area contributed by atoms with E-state index in [1.165, 1.54) is 12.3 Å². The summed E-state index contributed by atoms with van der Waals surface area (Å²) in [5.41, 5.74) is 1.18. The third-order valence-corrected chi connectivity index (χ3v) is 3.30. The summed E-state index contributed by atoms with van der Waals surface area (Å²) in [5, 5.41) is 4.51. The Hall–Kier alpha value is -1.71. The Bertz CT molecular complexity index is 523. The number of hydrogen-bond donors (Lipinski definition) is 0. The zero-order chi connectivity index (χ0) is 13.3. The van der Waals surface area contributed by atoms with Crippen molar-refractivity contribution in [2.45, 2.75) is 33.6 Å². The average Bonchev–Trinajstić information content (AvgIpc) is 2.77. The zero-order valence-corrected chi connectivity index (χ0v) is 11.2. The Balaban J connectivity index is 2.28. The normalized spacial score (nSPS) is 13.6. The highest BCUT2D eigenvalue weighted by molar-refractivity contribution is 5.22. The Morgan fingerprint density at radius 2 is 1.94 bits per heavy atom. The van der Waals surface area contributed by atoms with Crippen LogP contribution in [-0.2, 0) is 0 Å². The van der Waals surface area contributed by atoms with Crippen molar-refractivity contribution in [3.05, 3.63) is 42.1 Å². The molecule has 0 bridgehead atoms. The predicted octanol–water partition coefficient (Wildman–Crippen LogP) is 3.56. The lowest BCUT2D eigenvalue weighted by molar-refractivity contribution is 0.333. The van der Waals surface area contributed by atoms with Crippen molar-refractivity contribution in [2.75, 3.05) is 0 Å². The summed E-state index contributed by atoms with van der Waals surface area (Å²) in [4.78, 5) is 4.01. The third-order valence-electron chi connectivity index (χ3n) is 3.30. The van der Waals surface area contributed by atoms with Gasteiger partial charge >= 0.3 is 0 Å². The van der Waals surface area contributed by atoms with Gasteiger partial charge in [-0.2, -0.15) is 5.10 Å². The molecule has 96 valence electrons. The van der Waals surface area contributed by atoms with Crippen molar-refractivity contribution < 1.29 is 4.39 Å². The molecule has 18 heavy (non-hydrogen) atoms. The summed E-state index contributed by atoms with van der Waals surface area (Å²) in [6.07, 6.45) is 3.06. The van der Waals surface area contributed by atoms with Gasteiger partial charge < -0.3 is 0 Å². The molecule has 0 aromatic carbocycles. The van der Waals surface area contributed by atoms with E-state index in [9.17, 15) is 4.39 Å². The smallest absolute Gasteiger partial charge is 0.153 e. The van der Waals surface area contributed by atoms with Crippen LogP contribution in [0.1, 0.15) is 39.3 Å². The molecule has 0 radical (unpaired) electrons. The second-order valence-corrected chi connectivity index (χ2v) is 5.61. The van der Waals surface area contributed by atoms with E-state index in [4.69, 9.17) is 0 Å². The lowest BCUT2D eigenvalue weighted by atomic mass is 9.80. The summed E-state index contributed by atoms with van der Waals surface area (Å²) < 4.78 is 14.5. The van der Waals surface area contributed by atoms with Crippen LogP contribution >= 0.6 is 0 Å². The molecule has 1 atom stereocenters. The van der Waals surface area contributed by atoms with Crippen LogP contribution in [0.5, 0.6) is 0 Å². The minimum absolute atomic E-state index is 0.162. The molecular formula is C14H18FN3. The van der Waals surface area contributed by atoms with Gasteiger partial charge in [-0.15, -0.1) is 0 Å². The van der Waals surface area contributed by atoms with Crippen molar-refractivity contribution in [3.8, 4) is 5.82 Å². The molecule has 2 heterocycles. The van der Waals surface area contributed by atoms with Gasteiger partial charge in [0.15, 0.2) is 5.82 Å². The molecule has 0 spiro atoms. The zero-order valence-electron chi connectivity index (χ0n) is 11.2. The molecule has 0 N–H and O–H groups in total. The van der Waals surface area contributed by atoms with Gasteiger partial charge in [-0.1, -0.05) is 27.7 Å². The van der Waals surface area contributed by atoms with E-state index in [0.717, 1.165) is 5.69 Å². The highest BCUT2D eigenvalue weighted by Crippen LogP contribution is 2.33. The van der Waals surface area contributed by atoms with Crippen LogP contribution in [0, 0.1) is 11.2 Å². The van der Waals surface area contributed by atoms with Gasteiger partial charge in [-0.25, -0.2) is 14.1 Å². The quantitative estimate of drug-likeness (QED) is 0.812. The third kappa shape index (κ3) is 2.58. The molecule has 0 saturated carbocycles. The van der Waals surface area contributed by atoms with Crippen LogP contribution in [0.2, 0.25) is 0 Å². The van der Waals surface area contributed by atoms with Crippen molar-refractivity contribution >= 4 is 0 Å². The topological polar surface area (TPSA) is 30.7 Å². The van der Waals surface area contributed by atoms with Crippen LogP contribution in [0.25, 0.3) is 5.82 Å². The molecule has 3 nitrogen and oxygen atoms in total. The van der Waals surface area contributed by atoms with Crippen LogP contribution in [0.4, 0.5) is 4.39 Å². The van der Waals surface area contributed by atoms with Gasteiger partial charge in [0, 0.05) is 12.1 Å². The first kappa shape index (κ1) is 12.7. The second-order valence-electron chi connectivity index (χ2n) is 5.61. The number of hydrogen-bond acceptors (Lipinski definition) is 2. The summed E-state index contributed by atoms with van der Waals surface area (Å²) >= 11 is 0. The fraction of sp³-hybridized carbons (Fsp3) is 0.429. The van der Waals surface area contributed by atoms with Gasteiger partial charge in [0.1, 0.15) is 5.82 Å². The van der Waals surface area contributed by atoms with Crippen molar-refractivity contribution in [3.63, 3.8) is 0 Å². The molecule has 0 aliphatic heterocycles. The highest BCUT2D eigenvalue weighted by atomic mass is 19.1. The monoisotopic (exact) mass is 247 g/mol. The largest absolute Gasteiger partial charge is 0.234 e.